The van der Waals surface area contributed by atoms with E-state index in [1.54, 1.807) is 0 Å². The summed E-state index contributed by atoms with van der Waals surface area (Å²) >= 11 is 0. The molecular weight excluding hydrogens is 473 g/mol. The van der Waals surface area contributed by atoms with Gasteiger partial charge in [0.2, 0.25) is 0 Å². The van der Waals surface area contributed by atoms with Crippen LogP contribution in [0.3, 0.4) is 0 Å². The lowest BCUT2D eigenvalue weighted by molar-refractivity contribution is -0.0215. The first kappa shape index (κ1) is 23.9. The van der Waals surface area contributed by atoms with E-state index in [0.717, 1.165) is 0 Å². The van der Waals surface area contributed by atoms with Crippen molar-refractivity contribution in [1.29, 1.82) is 0 Å². The summed E-state index contributed by atoms with van der Waals surface area (Å²) in [6, 6.07) is 0. The number of anilines is 1. The van der Waals surface area contributed by atoms with Crippen molar-refractivity contribution in [2.24, 2.45) is 0 Å². The lowest BCUT2D eigenvalue weighted by Gasteiger charge is -2.19. The van der Waals surface area contributed by atoms with Gasteiger partial charge in [0, 0.05) is 0 Å². The van der Waals surface area contributed by atoms with Crippen molar-refractivity contribution in [1.82, 2.24) is 9.55 Å². The van der Waals surface area contributed by atoms with Gasteiger partial charge in [0.1, 0.15) is 11.9 Å². The maximum Gasteiger partial charge on any atom is 0.490 e. The zero-order valence-corrected chi connectivity index (χ0v) is 16.3. The first-order valence-electron chi connectivity index (χ1n) is 6.94. The summed E-state index contributed by atoms with van der Waals surface area (Å²) in [6.45, 7) is -1.01. The number of hydrogen-bond donors (Lipinski definition) is 5. The number of phosphoric ester groups is 1. The van der Waals surface area contributed by atoms with Gasteiger partial charge in [0.25, 0.3) is 0 Å². The van der Waals surface area contributed by atoms with Crippen LogP contribution in [-0.2, 0) is 31.6 Å². The lowest BCUT2D eigenvalue weighted by Crippen LogP contribution is -2.30. The minimum Gasteiger partial charge on any atom is -0.381 e. The van der Waals surface area contributed by atoms with Crippen molar-refractivity contribution in [2.45, 2.75) is 12.3 Å². The van der Waals surface area contributed by atoms with Crippen molar-refractivity contribution in [3.63, 3.8) is 0 Å². The highest BCUT2D eigenvalue weighted by molar-refractivity contribution is 7.66. The SMILES string of the molecule is Nc1nc(=O)n([C@H]2O[C@@H](COP(=O)(O)OP(=O)(O)OP(=O)(O)O)C=C2F)cc1F. The molecule has 20 heteroatoms. The van der Waals surface area contributed by atoms with Crippen molar-refractivity contribution in [2.75, 3.05) is 12.3 Å². The van der Waals surface area contributed by atoms with E-state index in [4.69, 9.17) is 25.2 Å². The van der Waals surface area contributed by atoms with Gasteiger partial charge in [-0.3, -0.25) is 9.09 Å². The molecule has 0 spiro atoms. The molecule has 1 aliphatic heterocycles. The number of halogens is 2. The third-order valence-corrected chi connectivity index (χ3v) is 6.69. The van der Waals surface area contributed by atoms with Crippen molar-refractivity contribution < 1.29 is 59.9 Å². The Kier molecular flexibility index (Phi) is 6.94. The van der Waals surface area contributed by atoms with Gasteiger partial charge < -0.3 is 30.0 Å². The minimum atomic E-state index is -5.72. The fraction of sp³-hybridized carbons (Fsp3) is 0.333. The molecule has 6 N–H and O–H groups in total. The fourth-order valence-electron chi connectivity index (χ4n) is 1.91. The number of phosphoric acid groups is 3. The normalized spacial score (nSPS) is 24.0. The molecule has 0 aromatic carbocycles. The summed E-state index contributed by atoms with van der Waals surface area (Å²) in [5, 5.41) is 0. The van der Waals surface area contributed by atoms with Gasteiger partial charge in [-0.2, -0.15) is 13.6 Å². The molecule has 2 heterocycles. The van der Waals surface area contributed by atoms with Crippen LogP contribution < -0.4 is 11.4 Å². The van der Waals surface area contributed by atoms with E-state index >= 15 is 0 Å². The second-order valence-electron chi connectivity index (χ2n) is 5.13. The fourth-order valence-corrected chi connectivity index (χ4v) is 4.94. The number of nitrogens with zero attached hydrogens (tertiary/aromatic N) is 2. The van der Waals surface area contributed by atoms with E-state index in [2.05, 4.69) is 18.1 Å². The standard InChI is InChI=1S/C9H12F2N3O12P3/c10-5-1-4(24-8(5)14-2-6(11)7(12)13-9(14)15)3-23-28(19,20)26-29(21,22)25-27(16,17)18/h1-2,4,8H,3H2,(H,19,20)(H,21,22)(H2,12,13,15)(H2,16,17,18)/t4-,8+/m1/s1. The number of rotatable bonds is 8. The maximum atomic E-state index is 14.0. The number of nitrogens with two attached hydrogens (primary N) is 1. The van der Waals surface area contributed by atoms with Crippen LogP contribution >= 0.6 is 23.5 Å². The monoisotopic (exact) mass is 485 g/mol. The average Bonchev–Trinajstić information content (AvgIpc) is 2.86. The maximum absolute atomic E-state index is 14.0. The van der Waals surface area contributed by atoms with Crippen LogP contribution in [0.1, 0.15) is 6.23 Å². The molecule has 164 valence electrons. The predicted molar refractivity (Wildman–Crippen MR) is 85.8 cm³/mol. The molecule has 1 aromatic rings. The quantitative estimate of drug-likeness (QED) is 0.307. The van der Waals surface area contributed by atoms with Gasteiger partial charge in [-0.15, -0.1) is 0 Å². The molecule has 1 aromatic heterocycles. The second kappa shape index (κ2) is 8.41. The highest BCUT2D eigenvalue weighted by atomic mass is 31.3. The van der Waals surface area contributed by atoms with Crippen LogP contribution in [0.25, 0.3) is 0 Å². The average molecular weight is 485 g/mol. The first-order valence-corrected chi connectivity index (χ1v) is 11.5. The van der Waals surface area contributed by atoms with Gasteiger partial charge in [0.05, 0.1) is 12.8 Å². The van der Waals surface area contributed by atoms with Crippen LogP contribution in [0.15, 0.2) is 22.9 Å². The van der Waals surface area contributed by atoms with Crippen LogP contribution in [0.4, 0.5) is 14.6 Å². The molecule has 15 nitrogen and oxygen atoms in total. The van der Waals surface area contributed by atoms with Crippen LogP contribution in [-0.4, -0.2) is 41.8 Å². The summed E-state index contributed by atoms with van der Waals surface area (Å²) in [5.41, 5.74) is 3.92. The Bertz CT molecular complexity index is 1020. The summed E-state index contributed by atoms with van der Waals surface area (Å²) in [6.07, 6.45) is -2.12. The zero-order valence-electron chi connectivity index (χ0n) is 13.6. The molecule has 2 rings (SSSR count). The van der Waals surface area contributed by atoms with Gasteiger partial charge in [-0.05, 0) is 6.08 Å². The third kappa shape index (κ3) is 6.84. The lowest BCUT2D eigenvalue weighted by atomic mass is 10.3. The van der Waals surface area contributed by atoms with Gasteiger partial charge in [-0.25, -0.2) is 27.3 Å². The van der Waals surface area contributed by atoms with Crippen LogP contribution in [0.2, 0.25) is 0 Å². The molecule has 29 heavy (non-hydrogen) atoms. The second-order valence-corrected chi connectivity index (χ2v) is 9.55. The number of hydrogen-bond acceptors (Lipinski definition) is 10. The summed E-state index contributed by atoms with van der Waals surface area (Å²) in [4.78, 5) is 49.9. The molecule has 0 saturated heterocycles. The topological polar surface area (TPSA) is 230 Å². The summed E-state index contributed by atoms with van der Waals surface area (Å²) in [5.74, 6) is -3.03. The van der Waals surface area contributed by atoms with Crippen LogP contribution in [0.5, 0.6) is 0 Å². The minimum absolute atomic E-state index is 0.391. The van der Waals surface area contributed by atoms with E-state index in [-0.39, 0.29) is 0 Å². The number of ether oxygens (including phenoxy) is 1. The summed E-state index contributed by atoms with van der Waals surface area (Å²) < 4.78 is 77.3. The first-order chi connectivity index (χ1) is 13.1. The molecule has 0 bridgehead atoms. The largest absolute Gasteiger partial charge is 0.490 e. The molecule has 2 unspecified atom stereocenters. The smallest absolute Gasteiger partial charge is 0.381 e. The van der Waals surface area contributed by atoms with Crippen molar-refractivity contribution in [3.8, 4) is 0 Å². The van der Waals surface area contributed by atoms with Crippen molar-refractivity contribution >= 4 is 29.3 Å². The van der Waals surface area contributed by atoms with Gasteiger partial charge >= 0.3 is 29.2 Å². The molecule has 0 aliphatic carbocycles. The molecule has 0 saturated carbocycles. The highest BCUT2D eigenvalue weighted by Gasteiger charge is 2.41. The van der Waals surface area contributed by atoms with E-state index in [9.17, 15) is 32.2 Å². The van der Waals surface area contributed by atoms with Gasteiger partial charge in [-0.1, -0.05) is 0 Å². The Balaban J connectivity index is 2.03. The predicted octanol–water partition coefficient (Wildman–Crippen LogP) is 0.0587. The van der Waals surface area contributed by atoms with E-state index in [1.165, 1.54) is 0 Å². The Hall–Kier alpha value is -1.35. The van der Waals surface area contributed by atoms with E-state index < -0.39 is 65.6 Å². The zero-order chi connectivity index (χ0) is 22.2. The Morgan fingerprint density at radius 3 is 2.38 bits per heavy atom. The summed E-state index contributed by atoms with van der Waals surface area (Å²) in [7, 11) is -16.7. The number of nitrogen functional groups attached to an aromatic ring is 1. The van der Waals surface area contributed by atoms with E-state index in [0.29, 0.717) is 16.8 Å². The third-order valence-electron chi connectivity index (χ3n) is 2.89. The van der Waals surface area contributed by atoms with Crippen molar-refractivity contribution in [3.05, 3.63) is 34.4 Å². The molecular formula is C9H12F2N3O12P3. The Morgan fingerprint density at radius 1 is 1.17 bits per heavy atom. The molecule has 0 amide bonds. The molecule has 0 radical (unpaired) electrons. The molecule has 0 fully saturated rings. The Labute approximate surface area is 158 Å². The van der Waals surface area contributed by atoms with E-state index in [1.807, 2.05) is 0 Å². The van der Waals surface area contributed by atoms with Gasteiger partial charge in [0.15, 0.2) is 17.9 Å². The number of aromatic nitrogens is 2. The molecule has 1 aliphatic rings. The van der Waals surface area contributed by atoms with Crippen LogP contribution in [0, 0.1) is 5.82 Å². The molecule has 4 atom stereocenters. The Morgan fingerprint density at radius 2 is 1.79 bits per heavy atom. The highest BCUT2D eigenvalue weighted by Crippen LogP contribution is 2.66.